The number of benzene rings is 1. The van der Waals surface area contributed by atoms with Crippen LogP contribution in [0.25, 0.3) is 0 Å². The molecule has 1 heterocycles. The Morgan fingerprint density at radius 3 is 2.40 bits per heavy atom. The smallest absolute Gasteiger partial charge is 0.243 e. The molecule has 1 aromatic carbocycles. The van der Waals surface area contributed by atoms with Crippen molar-refractivity contribution in [1.82, 2.24) is 14.5 Å². The second kappa shape index (κ2) is 9.96. The van der Waals surface area contributed by atoms with Crippen LogP contribution >= 0.6 is 12.4 Å². The largest absolute Gasteiger partial charge is 0.494 e. The molecule has 0 radical (unpaired) electrons. The van der Waals surface area contributed by atoms with E-state index in [-0.39, 0.29) is 29.8 Å². The predicted octanol–water partition coefficient (Wildman–Crippen LogP) is 0.950. The second-order valence-electron chi connectivity index (χ2n) is 5.71. The first-order valence-corrected chi connectivity index (χ1v) is 9.57. The van der Waals surface area contributed by atoms with Gasteiger partial charge in [0.2, 0.25) is 15.9 Å². The summed E-state index contributed by atoms with van der Waals surface area (Å²) >= 11 is 0. The molecular weight excluding hydrogens is 366 g/mol. The van der Waals surface area contributed by atoms with Crippen molar-refractivity contribution in [3.05, 3.63) is 24.3 Å². The van der Waals surface area contributed by atoms with Gasteiger partial charge in [-0.15, -0.1) is 12.4 Å². The third kappa shape index (κ3) is 5.85. The fourth-order valence-corrected chi connectivity index (χ4v) is 3.52. The van der Waals surface area contributed by atoms with Gasteiger partial charge in [-0.25, -0.2) is 8.42 Å². The Kier molecular flexibility index (Phi) is 8.64. The maximum Gasteiger partial charge on any atom is 0.243 e. The molecule has 0 spiro atoms. The van der Waals surface area contributed by atoms with Gasteiger partial charge in [0, 0.05) is 33.2 Å². The van der Waals surface area contributed by atoms with Crippen LogP contribution in [0.2, 0.25) is 0 Å². The average Bonchev–Trinajstić information content (AvgIpc) is 2.61. The lowest BCUT2D eigenvalue weighted by molar-refractivity contribution is -0.131. The fourth-order valence-electron chi connectivity index (χ4n) is 2.40. The van der Waals surface area contributed by atoms with Gasteiger partial charge in [0.05, 0.1) is 18.0 Å². The first kappa shape index (κ1) is 21.7. The minimum atomic E-state index is -3.70. The Hall–Kier alpha value is -1.35. The Morgan fingerprint density at radius 2 is 1.84 bits per heavy atom. The normalized spacial score (nSPS) is 14.9. The first-order chi connectivity index (χ1) is 11.4. The van der Waals surface area contributed by atoms with Crippen LogP contribution in [0.1, 0.15) is 13.3 Å². The molecule has 0 bridgehead atoms. The van der Waals surface area contributed by atoms with Crippen LogP contribution in [0.5, 0.6) is 5.75 Å². The summed E-state index contributed by atoms with van der Waals surface area (Å²) in [4.78, 5) is 14.1. The van der Waals surface area contributed by atoms with Crippen LogP contribution in [0.15, 0.2) is 29.2 Å². The zero-order valence-electron chi connectivity index (χ0n) is 14.6. The number of hydrogen-bond acceptors (Lipinski definition) is 5. The number of hydrogen-bond donors (Lipinski definition) is 1. The van der Waals surface area contributed by atoms with Crippen molar-refractivity contribution in [2.24, 2.45) is 0 Å². The summed E-state index contributed by atoms with van der Waals surface area (Å²) in [7, 11) is -2.27. The predicted molar refractivity (Wildman–Crippen MR) is 98.7 cm³/mol. The standard InChI is InChI=1S/C16H25N3O4S.ClH/c1-3-12-23-14-4-6-15(7-5-14)24(21,22)18(2)13-16(20)19-10-8-17-9-11-19;/h4-7,17H,3,8-13H2,1-2H3;1H. The third-order valence-electron chi connectivity index (χ3n) is 3.83. The molecule has 0 aromatic heterocycles. The van der Waals surface area contributed by atoms with E-state index >= 15 is 0 Å². The van der Waals surface area contributed by atoms with Crippen LogP contribution in [-0.2, 0) is 14.8 Å². The van der Waals surface area contributed by atoms with Gasteiger partial charge in [-0.2, -0.15) is 4.31 Å². The molecule has 0 atom stereocenters. The number of rotatable bonds is 7. The molecule has 7 nitrogen and oxygen atoms in total. The first-order valence-electron chi connectivity index (χ1n) is 8.13. The summed E-state index contributed by atoms with van der Waals surface area (Å²) in [6.45, 7) is 5.13. The van der Waals surface area contributed by atoms with E-state index in [9.17, 15) is 13.2 Å². The minimum Gasteiger partial charge on any atom is -0.494 e. The number of likely N-dealkylation sites (N-methyl/N-ethyl adjacent to an activating group) is 1. The molecule has 0 aliphatic carbocycles. The molecule has 1 aromatic rings. The van der Waals surface area contributed by atoms with Gasteiger partial charge < -0.3 is 15.0 Å². The molecule has 25 heavy (non-hydrogen) atoms. The number of halogens is 1. The Balaban J connectivity index is 0.00000312. The van der Waals surface area contributed by atoms with Gasteiger partial charge in [0.25, 0.3) is 0 Å². The van der Waals surface area contributed by atoms with Crippen LogP contribution < -0.4 is 10.1 Å². The van der Waals surface area contributed by atoms with Gasteiger partial charge in [-0.1, -0.05) is 6.92 Å². The molecule has 142 valence electrons. The van der Waals surface area contributed by atoms with E-state index < -0.39 is 10.0 Å². The summed E-state index contributed by atoms with van der Waals surface area (Å²) in [5.74, 6) is 0.459. The van der Waals surface area contributed by atoms with Crippen LogP contribution in [-0.4, -0.2) is 69.9 Å². The Bertz CT molecular complexity index is 646. The monoisotopic (exact) mass is 391 g/mol. The number of ether oxygens (including phenoxy) is 1. The highest BCUT2D eigenvalue weighted by Crippen LogP contribution is 2.19. The zero-order valence-corrected chi connectivity index (χ0v) is 16.2. The van der Waals surface area contributed by atoms with Crippen molar-refractivity contribution in [3.63, 3.8) is 0 Å². The highest BCUT2D eigenvalue weighted by atomic mass is 35.5. The summed E-state index contributed by atoms with van der Waals surface area (Å²) < 4.78 is 31.7. The summed E-state index contributed by atoms with van der Waals surface area (Å²) in [5, 5.41) is 3.16. The van der Waals surface area contributed by atoms with Crippen molar-refractivity contribution in [2.75, 3.05) is 46.4 Å². The molecule has 1 aliphatic rings. The maximum atomic E-state index is 12.6. The summed E-state index contributed by atoms with van der Waals surface area (Å²) in [5.41, 5.74) is 0. The number of nitrogens with zero attached hydrogens (tertiary/aromatic N) is 2. The van der Waals surface area contributed by atoms with Crippen molar-refractivity contribution >= 4 is 28.3 Å². The number of amides is 1. The number of nitrogens with one attached hydrogen (secondary N) is 1. The molecular formula is C16H26ClN3O4S. The number of carbonyl (C=O) groups is 1. The lowest BCUT2D eigenvalue weighted by atomic mass is 10.3. The molecule has 1 amide bonds. The van der Waals surface area contributed by atoms with Gasteiger partial charge in [-0.3, -0.25) is 4.79 Å². The molecule has 1 fully saturated rings. The Labute approximate surface area is 155 Å². The maximum absolute atomic E-state index is 12.6. The second-order valence-corrected chi connectivity index (χ2v) is 7.76. The number of carbonyl (C=O) groups excluding carboxylic acids is 1. The van der Waals surface area contributed by atoms with Crippen LogP contribution in [0.4, 0.5) is 0 Å². The van der Waals surface area contributed by atoms with Crippen molar-refractivity contribution in [3.8, 4) is 5.75 Å². The lowest BCUT2D eigenvalue weighted by Crippen LogP contribution is -2.49. The quantitative estimate of drug-likeness (QED) is 0.748. The number of sulfonamides is 1. The average molecular weight is 392 g/mol. The van der Waals surface area contributed by atoms with E-state index in [2.05, 4.69) is 5.32 Å². The van der Waals surface area contributed by atoms with Gasteiger partial charge in [-0.05, 0) is 30.7 Å². The third-order valence-corrected chi connectivity index (χ3v) is 5.65. The SMILES string of the molecule is CCCOc1ccc(S(=O)(=O)N(C)CC(=O)N2CCNCC2)cc1.Cl. The molecule has 9 heteroatoms. The highest BCUT2D eigenvalue weighted by Gasteiger charge is 2.25. The summed E-state index contributed by atoms with van der Waals surface area (Å²) in [6.07, 6.45) is 0.886. The fraction of sp³-hybridized carbons (Fsp3) is 0.562. The van der Waals surface area contributed by atoms with E-state index in [0.717, 1.165) is 23.8 Å². The highest BCUT2D eigenvalue weighted by molar-refractivity contribution is 7.89. The molecule has 1 aliphatic heterocycles. The molecule has 1 N–H and O–H groups in total. The zero-order chi connectivity index (χ0) is 17.6. The molecule has 0 unspecified atom stereocenters. The van der Waals surface area contributed by atoms with Gasteiger partial charge in [0.1, 0.15) is 5.75 Å². The molecule has 0 saturated carbocycles. The van der Waals surface area contributed by atoms with Crippen LogP contribution in [0, 0.1) is 0 Å². The minimum absolute atomic E-state index is 0. The van der Waals surface area contributed by atoms with E-state index in [1.807, 2.05) is 6.92 Å². The number of piperazine rings is 1. The van der Waals surface area contributed by atoms with Crippen molar-refractivity contribution < 1.29 is 17.9 Å². The van der Waals surface area contributed by atoms with Gasteiger partial charge >= 0.3 is 0 Å². The summed E-state index contributed by atoms with van der Waals surface area (Å²) in [6, 6.07) is 6.28. The van der Waals surface area contributed by atoms with Crippen molar-refractivity contribution in [2.45, 2.75) is 18.2 Å². The Morgan fingerprint density at radius 1 is 1.24 bits per heavy atom. The van der Waals surface area contributed by atoms with E-state index in [1.54, 1.807) is 17.0 Å². The van der Waals surface area contributed by atoms with E-state index in [1.165, 1.54) is 19.2 Å². The molecule has 1 saturated heterocycles. The van der Waals surface area contributed by atoms with Gasteiger partial charge in [0.15, 0.2) is 0 Å². The van der Waals surface area contributed by atoms with E-state index in [4.69, 9.17) is 4.74 Å². The van der Waals surface area contributed by atoms with E-state index in [0.29, 0.717) is 25.4 Å². The molecule has 2 rings (SSSR count). The topological polar surface area (TPSA) is 79.0 Å². The van der Waals surface area contributed by atoms with Crippen molar-refractivity contribution in [1.29, 1.82) is 0 Å². The lowest BCUT2D eigenvalue weighted by Gasteiger charge is -2.29. The van der Waals surface area contributed by atoms with Crippen LogP contribution in [0.3, 0.4) is 0 Å².